The van der Waals surface area contributed by atoms with Gasteiger partial charge in [0.05, 0.1) is 6.54 Å². The van der Waals surface area contributed by atoms with Crippen molar-refractivity contribution in [3.8, 4) is 0 Å². The summed E-state index contributed by atoms with van der Waals surface area (Å²) in [6.07, 6.45) is 0.586. The lowest BCUT2D eigenvalue weighted by Gasteiger charge is -2.27. The molecule has 0 saturated carbocycles. The fraction of sp³-hybridized carbons (Fsp3) is 0.545. The minimum absolute atomic E-state index is 0.147. The topological polar surface area (TPSA) is 111 Å². The van der Waals surface area contributed by atoms with Crippen LogP contribution in [-0.2, 0) is 11.3 Å². The van der Waals surface area contributed by atoms with Crippen molar-refractivity contribution in [2.75, 3.05) is 0 Å². The van der Waals surface area contributed by atoms with Gasteiger partial charge in [0.25, 0.3) is 0 Å². The van der Waals surface area contributed by atoms with Crippen molar-refractivity contribution in [2.45, 2.75) is 38.8 Å². The average Bonchev–Trinajstić information content (AvgIpc) is 2.79. The Morgan fingerprint density at radius 1 is 1.42 bits per heavy atom. The van der Waals surface area contributed by atoms with E-state index in [4.69, 9.17) is 0 Å². The molecule has 0 aliphatic carbocycles. The van der Waals surface area contributed by atoms with Crippen molar-refractivity contribution in [1.29, 1.82) is 0 Å². The minimum Gasteiger partial charge on any atom is -0.480 e. The van der Waals surface area contributed by atoms with E-state index in [0.717, 1.165) is 11.3 Å². The molecule has 0 bridgehead atoms. The van der Waals surface area contributed by atoms with Gasteiger partial charge < -0.3 is 20.7 Å². The van der Waals surface area contributed by atoms with E-state index in [1.165, 1.54) is 0 Å². The highest BCUT2D eigenvalue weighted by atomic mass is 32.1. The van der Waals surface area contributed by atoms with Crippen LogP contribution in [0.1, 0.15) is 32.4 Å². The van der Waals surface area contributed by atoms with Gasteiger partial charge in [0.15, 0.2) is 0 Å². The monoisotopic (exact) mass is 287 g/mol. The first-order valence-corrected chi connectivity index (χ1v) is 6.77. The number of rotatable bonds is 6. The standard InChI is InChI=1S/C11H17N3O4S/c1-3-11(4-2,8(15)16)14-9(17)12-5-7-6-19-10(18)13-7/h6H,3-5H2,1-2H3,(H,13,18)(H,15,16)(H2,12,14,17). The van der Waals surface area contributed by atoms with Crippen LogP contribution in [0.3, 0.4) is 0 Å². The highest BCUT2D eigenvalue weighted by Gasteiger charge is 2.36. The third-order valence-electron chi connectivity index (χ3n) is 2.98. The fourth-order valence-corrected chi connectivity index (χ4v) is 2.20. The summed E-state index contributed by atoms with van der Waals surface area (Å²) < 4.78 is 0. The smallest absolute Gasteiger partial charge is 0.329 e. The molecular formula is C11H17N3O4S. The Hall–Kier alpha value is -1.83. The van der Waals surface area contributed by atoms with Gasteiger partial charge in [-0.3, -0.25) is 4.79 Å². The van der Waals surface area contributed by atoms with Crippen LogP contribution >= 0.6 is 11.3 Å². The molecule has 1 aromatic rings. The van der Waals surface area contributed by atoms with Crippen LogP contribution in [0.25, 0.3) is 0 Å². The van der Waals surface area contributed by atoms with Crippen molar-refractivity contribution >= 4 is 23.3 Å². The maximum Gasteiger partial charge on any atom is 0.329 e. The lowest BCUT2D eigenvalue weighted by Crippen LogP contribution is -2.56. The molecule has 7 nitrogen and oxygen atoms in total. The zero-order valence-electron chi connectivity index (χ0n) is 10.8. The number of urea groups is 1. The number of H-pyrrole nitrogens is 1. The maximum absolute atomic E-state index is 11.7. The van der Waals surface area contributed by atoms with Crippen molar-refractivity contribution in [1.82, 2.24) is 15.6 Å². The quantitative estimate of drug-likeness (QED) is 0.622. The number of aromatic amines is 1. The van der Waals surface area contributed by atoms with Gasteiger partial charge >= 0.3 is 16.9 Å². The average molecular weight is 287 g/mol. The van der Waals surface area contributed by atoms with Crippen LogP contribution in [-0.4, -0.2) is 27.6 Å². The minimum atomic E-state index is -1.26. The van der Waals surface area contributed by atoms with Crippen molar-refractivity contribution in [3.05, 3.63) is 20.7 Å². The lowest BCUT2D eigenvalue weighted by atomic mass is 9.93. The third kappa shape index (κ3) is 3.82. The number of amides is 2. The number of carboxylic acid groups (broad SMARTS) is 1. The Bertz CT molecular complexity index is 504. The highest BCUT2D eigenvalue weighted by molar-refractivity contribution is 7.07. The van der Waals surface area contributed by atoms with Gasteiger partial charge in [-0.1, -0.05) is 25.2 Å². The second kappa shape index (κ2) is 6.37. The van der Waals surface area contributed by atoms with Crippen LogP contribution in [0.2, 0.25) is 0 Å². The molecule has 1 aromatic heterocycles. The van der Waals surface area contributed by atoms with Crippen LogP contribution in [0.4, 0.5) is 4.79 Å². The third-order valence-corrected chi connectivity index (χ3v) is 3.70. The molecule has 19 heavy (non-hydrogen) atoms. The molecule has 4 N–H and O–H groups in total. The number of aliphatic carboxylic acids is 1. The Morgan fingerprint density at radius 2 is 2.05 bits per heavy atom. The molecule has 0 atom stereocenters. The number of thiazole rings is 1. The summed E-state index contributed by atoms with van der Waals surface area (Å²) in [7, 11) is 0. The van der Waals surface area contributed by atoms with Gasteiger partial charge in [-0.15, -0.1) is 0 Å². The van der Waals surface area contributed by atoms with E-state index in [1.807, 2.05) is 0 Å². The number of carboxylic acids is 1. The molecule has 0 fully saturated rings. The SMILES string of the molecule is CCC(CC)(NC(=O)NCc1csc(=O)[nH]1)C(=O)O. The second-order valence-corrected chi connectivity index (χ2v) is 4.92. The first kappa shape index (κ1) is 15.2. The summed E-state index contributed by atoms with van der Waals surface area (Å²) >= 11 is 1.01. The summed E-state index contributed by atoms with van der Waals surface area (Å²) in [6, 6.07) is -0.571. The number of hydrogen-bond donors (Lipinski definition) is 4. The van der Waals surface area contributed by atoms with E-state index < -0.39 is 17.5 Å². The molecule has 1 heterocycles. The molecule has 1 rings (SSSR count). The summed E-state index contributed by atoms with van der Waals surface area (Å²) in [4.78, 5) is 36.2. The van der Waals surface area contributed by atoms with Crippen LogP contribution in [0.15, 0.2) is 10.2 Å². The summed E-state index contributed by atoms with van der Waals surface area (Å²) in [5.41, 5.74) is -0.675. The molecule has 0 radical (unpaired) electrons. The van der Waals surface area contributed by atoms with E-state index in [9.17, 15) is 19.5 Å². The first-order valence-electron chi connectivity index (χ1n) is 5.89. The normalized spacial score (nSPS) is 11.1. The molecule has 0 aliphatic heterocycles. The fourth-order valence-electron chi connectivity index (χ4n) is 1.62. The highest BCUT2D eigenvalue weighted by Crippen LogP contribution is 2.15. The first-order chi connectivity index (χ1) is 8.93. The molecule has 0 spiro atoms. The molecule has 2 amide bonds. The Labute approximate surface area is 114 Å². The molecular weight excluding hydrogens is 270 g/mol. The number of nitrogens with one attached hydrogen (secondary N) is 3. The number of hydrogen-bond acceptors (Lipinski definition) is 4. The van der Waals surface area contributed by atoms with E-state index in [2.05, 4.69) is 15.6 Å². The van der Waals surface area contributed by atoms with E-state index in [1.54, 1.807) is 19.2 Å². The van der Waals surface area contributed by atoms with Gasteiger partial charge in [-0.05, 0) is 12.8 Å². The van der Waals surface area contributed by atoms with Crippen molar-refractivity contribution in [3.63, 3.8) is 0 Å². The van der Waals surface area contributed by atoms with Crippen molar-refractivity contribution < 1.29 is 14.7 Å². The number of carbonyl (C=O) groups excluding carboxylic acids is 1. The van der Waals surface area contributed by atoms with E-state index >= 15 is 0 Å². The molecule has 8 heteroatoms. The zero-order chi connectivity index (χ0) is 14.5. The van der Waals surface area contributed by atoms with E-state index in [0.29, 0.717) is 18.5 Å². The molecule has 0 aromatic carbocycles. The van der Waals surface area contributed by atoms with Gasteiger partial charge in [-0.2, -0.15) is 0 Å². The van der Waals surface area contributed by atoms with Gasteiger partial charge in [0.1, 0.15) is 5.54 Å². The predicted molar refractivity (Wildman–Crippen MR) is 71.3 cm³/mol. The van der Waals surface area contributed by atoms with E-state index in [-0.39, 0.29) is 11.4 Å². The second-order valence-electron chi connectivity index (χ2n) is 4.08. The summed E-state index contributed by atoms with van der Waals surface area (Å²) in [5.74, 6) is -1.06. The number of carbonyl (C=O) groups is 2. The Balaban J connectivity index is 2.58. The van der Waals surface area contributed by atoms with Gasteiger partial charge in [0.2, 0.25) is 0 Å². The van der Waals surface area contributed by atoms with Gasteiger partial charge in [0, 0.05) is 11.1 Å². The van der Waals surface area contributed by atoms with Crippen LogP contribution in [0.5, 0.6) is 0 Å². The lowest BCUT2D eigenvalue weighted by molar-refractivity contribution is -0.144. The van der Waals surface area contributed by atoms with Gasteiger partial charge in [-0.25, -0.2) is 9.59 Å². The summed E-state index contributed by atoms with van der Waals surface area (Å²) in [6.45, 7) is 3.55. The molecule has 0 unspecified atom stereocenters. The van der Waals surface area contributed by atoms with Crippen molar-refractivity contribution in [2.24, 2.45) is 0 Å². The van der Waals surface area contributed by atoms with Crippen LogP contribution in [0, 0.1) is 0 Å². The zero-order valence-corrected chi connectivity index (χ0v) is 11.6. The Morgan fingerprint density at radius 3 is 2.47 bits per heavy atom. The number of aromatic nitrogens is 1. The maximum atomic E-state index is 11.7. The van der Waals surface area contributed by atoms with Crippen LogP contribution < -0.4 is 15.5 Å². The predicted octanol–water partition coefficient (Wildman–Crippen LogP) is 0.879. The largest absolute Gasteiger partial charge is 0.480 e. The Kier molecular flexibility index (Phi) is 5.11. The molecule has 0 saturated heterocycles. The summed E-state index contributed by atoms with van der Waals surface area (Å²) in [5, 5.41) is 15.8. The molecule has 0 aliphatic rings. The molecule has 106 valence electrons.